The Labute approximate surface area is 113 Å². The summed E-state index contributed by atoms with van der Waals surface area (Å²) in [4.78, 5) is 0. The zero-order chi connectivity index (χ0) is 13.2. The van der Waals surface area contributed by atoms with Crippen LogP contribution in [-0.4, -0.2) is 10.5 Å². The number of nitrogens with zero attached hydrogens (tertiary/aromatic N) is 1. The molecule has 2 heteroatoms. The van der Waals surface area contributed by atoms with Gasteiger partial charge >= 0.3 is 0 Å². The molecule has 0 fully saturated rings. The molecule has 0 radical (unpaired) electrons. The molecule has 0 aliphatic heterocycles. The lowest BCUT2D eigenvalue weighted by molar-refractivity contribution is 0.804. The molecule has 2 aromatic carbocycles. The van der Waals surface area contributed by atoms with Gasteiger partial charge in [-0.3, -0.25) is 0 Å². The molecule has 94 valence electrons. The Kier molecular flexibility index (Phi) is 3.76. The van der Waals surface area contributed by atoms with Crippen LogP contribution < -0.4 is 0 Å². The van der Waals surface area contributed by atoms with Crippen LogP contribution in [0.4, 0.5) is 0 Å². The van der Waals surface area contributed by atoms with Gasteiger partial charge < -0.3 is 0 Å². The van der Waals surface area contributed by atoms with Crippen LogP contribution in [0.5, 0.6) is 0 Å². The van der Waals surface area contributed by atoms with Gasteiger partial charge in [-0.2, -0.15) is 0 Å². The molecule has 0 aromatic heterocycles. The van der Waals surface area contributed by atoms with Crippen molar-refractivity contribution in [2.45, 2.75) is 32.4 Å². The van der Waals surface area contributed by atoms with Gasteiger partial charge in [0.05, 0.1) is 5.71 Å². The van der Waals surface area contributed by atoms with Crippen LogP contribution in [0, 0.1) is 0 Å². The van der Waals surface area contributed by atoms with E-state index in [0.29, 0.717) is 0 Å². The normalized spacial score (nSPS) is 13.0. The van der Waals surface area contributed by atoms with E-state index in [1.54, 1.807) is 11.9 Å². The van der Waals surface area contributed by atoms with Crippen LogP contribution in [0.25, 0.3) is 10.8 Å². The molecule has 0 bridgehead atoms. The molecule has 0 heterocycles. The van der Waals surface area contributed by atoms with Crippen molar-refractivity contribution in [3.8, 4) is 0 Å². The first-order valence-corrected chi connectivity index (χ1v) is 6.96. The van der Waals surface area contributed by atoms with Crippen LogP contribution in [0.2, 0.25) is 0 Å². The quantitative estimate of drug-likeness (QED) is 0.539. The van der Waals surface area contributed by atoms with Gasteiger partial charge in [-0.05, 0) is 50.4 Å². The minimum atomic E-state index is 0.159. The first-order chi connectivity index (χ1) is 8.47. The number of fused-ring (bicyclic) bond motifs is 1. The topological polar surface area (TPSA) is 12.4 Å². The predicted octanol–water partition coefficient (Wildman–Crippen LogP) is 5.10. The SMILES string of the molecule is CC(=NSC(C)(C)C)c1cccc2ccccc12. The molecule has 0 saturated heterocycles. The standard InChI is InChI=1S/C16H19NS/c1-12(17-18-16(2,3)4)14-11-7-9-13-8-5-6-10-15(13)14/h5-11H,1-4H3. The van der Waals surface area contributed by atoms with Gasteiger partial charge in [-0.25, -0.2) is 4.40 Å². The highest BCUT2D eigenvalue weighted by Gasteiger charge is 2.11. The van der Waals surface area contributed by atoms with E-state index < -0.39 is 0 Å². The van der Waals surface area contributed by atoms with Gasteiger partial charge in [0, 0.05) is 10.3 Å². The van der Waals surface area contributed by atoms with Crippen molar-refractivity contribution in [1.29, 1.82) is 0 Å². The third kappa shape index (κ3) is 3.14. The maximum atomic E-state index is 4.65. The largest absolute Gasteiger partial charge is 0.220 e. The molecule has 0 saturated carbocycles. The maximum absolute atomic E-state index is 4.65. The van der Waals surface area contributed by atoms with Crippen molar-refractivity contribution in [2.24, 2.45) is 4.40 Å². The summed E-state index contributed by atoms with van der Waals surface area (Å²) in [6, 6.07) is 14.8. The van der Waals surface area contributed by atoms with Gasteiger partial charge in [0.25, 0.3) is 0 Å². The van der Waals surface area contributed by atoms with Crippen molar-refractivity contribution in [3.63, 3.8) is 0 Å². The lowest BCUT2D eigenvalue weighted by atomic mass is 10.0. The van der Waals surface area contributed by atoms with E-state index in [9.17, 15) is 0 Å². The van der Waals surface area contributed by atoms with E-state index in [0.717, 1.165) is 5.71 Å². The molecule has 2 aromatic rings. The third-order valence-corrected chi connectivity index (χ3v) is 3.55. The van der Waals surface area contributed by atoms with Crippen molar-refractivity contribution >= 4 is 28.4 Å². The van der Waals surface area contributed by atoms with E-state index >= 15 is 0 Å². The Morgan fingerprint density at radius 1 is 1.00 bits per heavy atom. The van der Waals surface area contributed by atoms with Gasteiger partial charge in [0.1, 0.15) is 0 Å². The molecule has 0 unspecified atom stereocenters. The number of benzene rings is 2. The average Bonchev–Trinajstić information content (AvgIpc) is 2.34. The van der Waals surface area contributed by atoms with Gasteiger partial charge in [0.2, 0.25) is 0 Å². The van der Waals surface area contributed by atoms with E-state index in [-0.39, 0.29) is 4.75 Å². The second-order valence-corrected chi connectivity index (χ2v) is 7.00. The summed E-state index contributed by atoms with van der Waals surface area (Å²) in [6.45, 7) is 8.62. The molecule has 0 atom stereocenters. The third-order valence-electron chi connectivity index (χ3n) is 2.64. The first-order valence-electron chi connectivity index (χ1n) is 6.18. The highest BCUT2D eigenvalue weighted by Crippen LogP contribution is 2.26. The smallest absolute Gasteiger partial charge is 0.0534 e. The Bertz CT molecular complexity index is 574. The molecule has 1 nitrogen and oxygen atoms in total. The Morgan fingerprint density at radius 2 is 1.67 bits per heavy atom. The molecular formula is C16H19NS. The number of hydrogen-bond donors (Lipinski definition) is 0. The minimum absolute atomic E-state index is 0.159. The highest BCUT2D eigenvalue weighted by atomic mass is 32.2. The van der Waals surface area contributed by atoms with Crippen molar-refractivity contribution in [3.05, 3.63) is 48.0 Å². The van der Waals surface area contributed by atoms with E-state index in [1.165, 1.54) is 16.3 Å². The molecule has 0 N–H and O–H groups in total. The van der Waals surface area contributed by atoms with Crippen LogP contribution >= 0.6 is 11.9 Å². The van der Waals surface area contributed by atoms with Crippen LogP contribution in [0.3, 0.4) is 0 Å². The fourth-order valence-electron chi connectivity index (χ4n) is 1.80. The van der Waals surface area contributed by atoms with Crippen molar-refractivity contribution in [1.82, 2.24) is 0 Å². The molecule has 2 rings (SSSR count). The van der Waals surface area contributed by atoms with Gasteiger partial charge in [-0.1, -0.05) is 42.5 Å². The van der Waals surface area contributed by atoms with Gasteiger partial charge in [0.15, 0.2) is 0 Å². The van der Waals surface area contributed by atoms with Crippen LogP contribution in [-0.2, 0) is 0 Å². The second kappa shape index (κ2) is 5.15. The molecule has 0 spiro atoms. The summed E-state index contributed by atoms with van der Waals surface area (Å²) in [5, 5.41) is 2.54. The Balaban J connectivity index is 2.42. The van der Waals surface area contributed by atoms with Crippen molar-refractivity contribution in [2.75, 3.05) is 0 Å². The summed E-state index contributed by atoms with van der Waals surface area (Å²) in [5.74, 6) is 0. The fourth-order valence-corrected chi connectivity index (χ4v) is 2.30. The molecule has 0 aliphatic carbocycles. The summed E-state index contributed by atoms with van der Waals surface area (Å²) < 4.78 is 4.81. The van der Waals surface area contributed by atoms with E-state index in [4.69, 9.17) is 0 Å². The summed E-state index contributed by atoms with van der Waals surface area (Å²) in [7, 11) is 0. The lowest BCUT2D eigenvalue weighted by Gasteiger charge is -2.14. The number of rotatable bonds is 2. The average molecular weight is 257 g/mol. The van der Waals surface area contributed by atoms with Crippen LogP contribution in [0.15, 0.2) is 46.9 Å². The predicted molar refractivity (Wildman–Crippen MR) is 83.5 cm³/mol. The Morgan fingerprint density at radius 3 is 2.39 bits per heavy atom. The molecule has 0 amide bonds. The van der Waals surface area contributed by atoms with Crippen LogP contribution in [0.1, 0.15) is 33.3 Å². The van der Waals surface area contributed by atoms with Gasteiger partial charge in [-0.15, -0.1) is 0 Å². The summed E-state index contributed by atoms with van der Waals surface area (Å²) in [5.41, 5.74) is 2.32. The monoisotopic (exact) mass is 257 g/mol. The highest BCUT2D eigenvalue weighted by molar-refractivity contribution is 7.99. The first kappa shape index (κ1) is 13.2. The zero-order valence-electron chi connectivity index (χ0n) is 11.4. The molecular weight excluding hydrogens is 238 g/mol. The second-order valence-electron chi connectivity index (χ2n) is 5.41. The van der Waals surface area contributed by atoms with E-state index in [2.05, 4.69) is 74.6 Å². The minimum Gasteiger partial charge on any atom is -0.220 e. The lowest BCUT2D eigenvalue weighted by Crippen LogP contribution is -2.06. The number of hydrogen-bond acceptors (Lipinski definition) is 2. The summed E-state index contributed by atoms with van der Waals surface area (Å²) >= 11 is 1.63. The van der Waals surface area contributed by atoms with E-state index in [1.807, 2.05) is 0 Å². The zero-order valence-corrected chi connectivity index (χ0v) is 12.2. The fraction of sp³-hybridized carbons (Fsp3) is 0.312. The molecule has 0 aliphatic rings. The summed E-state index contributed by atoms with van der Waals surface area (Å²) in [6.07, 6.45) is 0. The van der Waals surface area contributed by atoms with Crippen molar-refractivity contribution < 1.29 is 0 Å². The molecule has 18 heavy (non-hydrogen) atoms. The maximum Gasteiger partial charge on any atom is 0.0534 e. The Hall–Kier alpha value is -1.28.